The zero-order valence-corrected chi connectivity index (χ0v) is 9.46. The third-order valence-electron chi connectivity index (χ3n) is 2.82. The topological polar surface area (TPSA) is 35.2 Å². The molecule has 1 unspecified atom stereocenters. The van der Waals surface area contributed by atoms with Crippen molar-refractivity contribution in [3.05, 3.63) is 29.6 Å². The van der Waals surface area contributed by atoms with E-state index in [2.05, 4.69) is 0 Å². The average Bonchev–Trinajstić information content (AvgIpc) is 2.27. The van der Waals surface area contributed by atoms with Crippen LogP contribution in [0.5, 0.6) is 5.75 Å². The second-order valence-electron chi connectivity index (χ2n) is 3.80. The molecule has 84 valence electrons. The molecule has 0 aliphatic carbocycles. The second kappa shape index (κ2) is 5.12. The summed E-state index contributed by atoms with van der Waals surface area (Å²) in [5, 5.41) is 0. The van der Waals surface area contributed by atoms with E-state index in [0.717, 1.165) is 6.42 Å². The van der Waals surface area contributed by atoms with E-state index in [1.807, 2.05) is 13.8 Å². The van der Waals surface area contributed by atoms with Crippen molar-refractivity contribution in [3.63, 3.8) is 0 Å². The van der Waals surface area contributed by atoms with Crippen molar-refractivity contribution in [2.75, 3.05) is 7.11 Å². The molecule has 1 aromatic carbocycles. The standard InChI is InChI=1S/C12H18FNO/c1-4-8(2)12(14)10-7-9(15-3)5-6-11(10)13/h5-8,12H,4,14H2,1-3H3/t8?,12-/m1/s1. The number of nitrogens with two attached hydrogens (primary N) is 1. The van der Waals surface area contributed by atoms with Gasteiger partial charge >= 0.3 is 0 Å². The van der Waals surface area contributed by atoms with Gasteiger partial charge in [-0.1, -0.05) is 20.3 Å². The molecule has 1 rings (SSSR count). The Morgan fingerprint density at radius 3 is 2.67 bits per heavy atom. The highest BCUT2D eigenvalue weighted by Crippen LogP contribution is 2.27. The number of hydrogen-bond acceptors (Lipinski definition) is 2. The number of methoxy groups -OCH3 is 1. The number of hydrogen-bond donors (Lipinski definition) is 1. The summed E-state index contributed by atoms with van der Waals surface area (Å²) in [7, 11) is 1.56. The Hall–Kier alpha value is -1.09. The van der Waals surface area contributed by atoms with Gasteiger partial charge in [-0.15, -0.1) is 0 Å². The van der Waals surface area contributed by atoms with Gasteiger partial charge in [-0.25, -0.2) is 4.39 Å². The van der Waals surface area contributed by atoms with Crippen molar-refractivity contribution in [1.29, 1.82) is 0 Å². The van der Waals surface area contributed by atoms with Crippen molar-refractivity contribution in [2.24, 2.45) is 11.7 Å². The van der Waals surface area contributed by atoms with Gasteiger partial charge in [0, 0.05) is 11.6 Å². The van der Waals surface area contributed by atoms with E-state index in [1.54, 1.807) is 19.2 Å². The fourth-order valence-corrected chi connectivity index (χ4v) is 1.46. The first-order valence-electron chi connectivity index (χ1n) is 5.19. The third-order valence-corrected chi connectivity index (χ3v) is 2.82. The lowest BCUT2D eigenvalue weighted by atomic mass is 9.93. The number of benzene rings is 1. The molecule has 0 spiro atoms. The maximum absolute atomic E-state index is 13.5. The number of ether oxygens (including phenoxy) is 1. The van der Waals surface area contributed by atoms with Gasteiger partial charge in [-0.3, -0.25) is 0 Å². The molecule has 0 saturated heterocycles. The molecule has 15 heavy (non-hydrogen) atoms. The molecule has 0 aromatic heterocycles. The van der Waals surface area contributed by atoms with Crippen molar-refractivity contribution in [2.45, 2.75) is 26.3 Å². The number of halogens is 1. The van der Waals surface area contributed by atoms with E-state index < -0.39 is 0 Å². The minimum Gasteiger partial charge on any atom is -0.497 e. The van der Waals surface area contributed by atoms with E-state index in [9.17, 15) is 4.39 Å². The predicted octanol–water partition coefficient (Wildman–Crippen LogP) is 2.88. The minimum absolute atomic E-state index is 0.256. The van der Waals surface area contributed by atoms with Crippen LogP contribution < -0.4 is 10.5 Å². The molecule has 0 fully saturated rings. The van der Waals surface area contributed by atoms with Crippen LogP contribution in [0, 0.1) is 11.7 Å². The molecule has 2 N–H and O–H groups in total. The van der Waals surface area contributed by atoms with Crippen molar-refractivity contribution < 1.29 is 9.13 Å². The lowest BCUT2D eigenvalue weighted by Crippen LogP contribution is -2.19. The maximum Gasteiger partial charge on any atom is 0.128 e. The summed E-state index contributed by atoms with van der Waals surface area (Å²) >= 11 is 0. The summed E-state index contributed by atoms with van der Waals surface area (Å²) in [4.78, 5) is 0. The molecule has 0 saturated carbocycles. The highest BCUT2D eigenvalue weighted by Gasteiger charge is 2.17. The summed E-state index contributed by atoms with van der Waals surface area (Å²) in [5.41, 5.74) is 6.51. The molecule has 0 aliphatic heterocycles. The van der Waals surface area contributed by atoms with Gasteiger partial charge in [0.05, 0.1) is 7.11 Å². The smallest absolute Gasteiger partial charge is 0.128 e. The molecule has 0 amide bonds. The maximum atomic E-state index is 13.5. The summed E-state index contributed by atoms with van der Waals surface area (Å²) in [5.74, 6) is 0.639. The highest BCUT2D eigenvalue weighted by molar-refractivity contribution is 5.32. The minimum atomic E-state index is -0.273. The van der Waals surface area contributed by atoms with Crippen molar-refractivity contribution in [3.8, 4) is 5.75 Å². The van der Waals surface area contributed by atoms with Gasteiger partial charge in [0.25, 0.3) is 0 Å². The van der Waals surface area contributed by atoms with E-state index >= 15 is 0 Å². The third kappa shape index (κ3) is 2.69. The molecule has 0 radical (unpaired) electrons. The first-order valence-corrected chi connectivity index (χ1v) is 5.19. The van der Waals surface area contributed by atoms with Crippen LogP contribution >= 0.6 is 0 Å². The lowest BCUT2D eigenvalue weighted by molar-refractivity contribution is 0.405. The molecular formula is C12H18FNO. The van der Waals surface area contributed by atoms with Gasteiger partial charge in [0.1, 0.15) is 11.6 Å². The van der Waals surface area contributed by atoms with E-state index in [4.69, 9.17) is 10.5 Å². The SMILES string of the molecule is CCC(C)[C@@H](N)c1cc(OC)ccc1F. The molecule has 0 heterocycles. The molecule has 2 atom stereocenters. The average molecular weight is 211 g/mol. The summed E-state index contributed by atoms with van der Waals surface area (Å²) in [6.07, 6.45) is 0.928. The Balaban J connectivity index is 3.01. The van der Waals surface area contributed by atoms with Crippen LogP contribution in [0.25, 0.3) is 0 Å². The van der Waals surface area contributed by atoms with E-state index in [1.165, 1.54) is 6.07 Å². The van der Waals surface area contributed by atoms with Gasteiger partial charge in [-0.05, 0) is 24.1 Å². The molecular weight excluding hydrogens is 193 g/mol. The van der Waals surface area contributed by atoms with Gasteiger partial charge in [0.2, 0.25) is 0 Å². The second-order valence-corrected chi connectivity index (χ2v) is 3.80. The fourth-order valence-electron chi connectivity index (χ4n) is 1.46. The van der Waals surface area contributed by atoms with E-state index in [0.29, 0.717) is 11.3 Å². The monoisotopic (exact) mass is 211 g/mol. The summed E-state index contributed by atoms with van der Waals surface area (Å²) < 4.78 is 18.6. The summed E-state index contributed by atoms with van der Waals surface area (Å²) in [6.45, 7) is 4.06. The first-order chi connectivity index (χ1) is 7.10. The van der Waals surface area contributed by atoms with Crippen LogP contribution in [0.15, 0.2) is 18.2 Å². The van der Waals surface area contributed by atoms with Crippen LogP contribution in [0.4, 0.5) is 4.39 Å². The molecule has 3 heteroatoms. The van der Waals surface area contributed by atoms with Gasteiger partial charge < -0.3 is 10.5 Å². The Morgan fingerprint density at radius 2 is 2.13 bits per heavy atom. The predicted molar refractivity (Wildman–Crippen MR) is 59.3 cm³/mol. The van der Waals surface area contributed by atoms with Crippen LogP contribution in [-0.4, -0.2) is 7.11 Å². The molecule has 1 aromatic rings. The van der Waals surface area contributed by atoms with Crippen LogP contribution in [0.1, 0.15) is 31.9 Å². The number of rotatable bonds is 4. The van der Waals surface area contributed by atoms with Crippen LogP contribution in [0.3, 0.4) is 0 Å². The van der Waals surface area contributed by atoms with Crippen molar-refractivity contribution >= 4 is 0 Å². The first kappa shape index (κ1) is 12.0. The quantitative estimate of drug-likeness (QED) is 0.831. The Kier molecular flexibility index (Phi) is 4.09. The Morgan fingerprint density at radius 1 is 1.47 bits per heavy atom. The zero-order chi connectivity index (χ0) is 11.4. The van der Waals surface area contributed by atoms with Gasteiger partial charge in [-0.2, -0.15) is 0 Å². The largest absolute Gasteiger partial charge is 0.497 e. The molecule has 2 nitrogen and oxygen atoms in total. The molecule has 0 aliphatic rings. The van der Waals surface area contributed by atoms with Crippen molar-refractivity contribution in [1.82, 2.24) is 0 Å². The zero-order valence-electron chi connectivity index (χ0n) is 9.46. The molecule has 0 bridgehead atoms. The Bertz CT molecular complexity index is 327. The summed E-state index contributed by atoms with van der Waals surface area (Å²) in [6, 6.07) is 4.40. The fraction of sp³-hybridized carbons (Fsp3) is 0.500. The Labute approximate surface area is 90.2 Å². The normalized spacial score (nSPS) is 14.7. The van der Waals surface area contributed by atoms with E-state index in [-0.39, 0.29) is 17.8 Å². The highest BCUT2D eigenvalue weighted by atomic mass is 19.1. The van der Waals surface area contributed by atoms with Gasteiger partial charge in [0.15, 0.2) is 0 Å². The van der Waals surface area contributed by atoms with Crippen LogP contribution in [0.2, 0.25) is 0 Å². The van der Waals surface area contributed by atoms with Crippen LogP contribution in [-0.2, 0) is 0 Å². The lowest BCUT2D eigenvalue weighted by Gasteiger charge is -2.19.